The van der Waals surface area contributed by atoms with Gasteiger partial charge < -0.3 is 14.2 Å². The highest BCUT2D eigenvalue weighted by Crippen LogP contribution is 2.24. The summed E-state index contributed by atoms with van der Waals surface area (Å²) in [4.78, 5) is 25.1. The number of amides is 1. The van der Waals surface area contributed by atoms with Crippen LogP contribution >= 0.6 is 15.9 Å². The van der Waals surface area contributed by atoms with Crippen molar-refractivity contribution in [3.8, 4) is 17.2 Å². The van der Waals surface area contributed by atoms with E-state index in [1.807, 2.05) is 42.5 Å². The Labute approximate surface area is 216 Å². The van der Waals surface area contributed by atoms with Crippen LogP contribution < -0.4 is 19.6 Å². The summed E-state index contributed by atoms with van der Waals surface area (Å²) >= 11 is 3.40. The van der Waals surface area contributed by atoms with E-state index in [1.165, 1.54) is 6.21 Å². The Balaban J connectivity index is 1.40. The molecule has 1 atom stereocenters. The van der Waals surface area contributed by atoms with Gasteiger partial charge in [0, 0.05) is 10.0 Å². The van der Waals surface area contributed by atoms with Gasteiger partial charge in [-0.1, -0.05) is 46.3 Å². The number of methoxy groups -OCH3 is 1. The van der Waals surface area contributed by atoms with Crippen LogP contribution in [0.2, 0.25) is 0 Å². The topological polar surface area (TPSA) is 86.2 Å². The van der Waals surface area contributed by atoms with Crippen molar-refractivity contribution >= 4 is 44.8 Å². The quantitative estimate of drug-likeness (QED) is 0.132. The largest absolute Gasteiger partial charge is 0.497 e. The highest BCUT2D eigenvalue weighted by atomic mass is 79.9. The molecular weight excluding hydrogens is 524 g/mol. The molecule has 0 fully saturated rings. The molecule has 0 bridgehead atoms. The molecule has 1 unspecified atom stereocenters. The van der Waals surface area contributed by atoms with E-state index in [0.29, 0.717) is 22.6 Å². The molecule has 0 aliphatic heterocycles. The maximum absolute atomic E-state index is 12.6. The Kier molecular flexibility index (Phi) is 7.97. The van der Waals surface area contributed by atoms with Crippen molar-refractivity contribution in [1.82, 2.24) is 5.43 Å². The van der Waals surface area contributed by atoms with Gasteiger partial charge in [0.25, 0.3) is 5.91 Å². The van der Waals surface area contributed by atoms with Crippen LogP contribution in [0.3, 0.4) is 0 Å². The third-order valence-electron chi connectivity index (χ3n) is 5.28. The van der Waals surface area contributed by atoms with Gasteiger partial charge in [0.2, 0.25) is 0 Å². The van der Waals surface area contributed by atoms with E-state index in [4.69, 9.17) is 14.2 Å². The normalized spacial score (nSPS) is 11.8. The second-order valence-electron chi connectivity index (χ2n) is 7.80. The molecule has 0 saturated heterocycles. The third-order valence-corrected chi connectivity index (χ3v) is 5.77. The lowest BCUT2D eigenvalue weighted by atomic mass is 10.1. The number of halogens is 1. The standard InChI is InChI=1S/C28H23BrN2O5/c1-18(35-25-13-7-19-5-3-4-6-21(19)16-25)27(32)31-30-17-22-15-23(29)10-14-26(22)36-28(33)20-8-11-24(34-2)12-9-20/h3-18H,1-2H3,(H,31,32)/b30-17+. The van der Waals surface area contributed by atoms with Gasteiger partial charge in [-0.15, -0.1) is 0 Å². The molecule has 0 spiro atoms. The fraction of sp³-hybridized carbons (Fsp3) is 0.107. The minimum absolute atomic E-state index is 0.289. The molecule has 4 rings (SSSR count). The molecule has 0 saturated carbocycles. The van der Waals surface area contributed by atoms with Crippen LogP contribution in [-0.4, -0.2) is 31.3 Å². The third kappa shape index (κ3) is 6.28. The van der Waals surface area contributed by atoms with E-state index in [0.717, 1.165) is 15.2 Å². The number of carbonyl (C=O) groups is 2. The van der Waals surface area contributed by atoms with Crippen molar-refractivity contribution in [1.29, 1.82) is 0 Å². The Hall–Kier alpha value is -4.17. The molecule has 0 aliphatic carbocycles. The SMILES string of the molecule is COc1ccc(C(=O)Oc2ccc(Br)cc2/C=N/NC(=O)C(C)Oc2ccc3ccccc3c2)cc1. The minimum Gasteiger partial charge on any atom is -0.497 e. The molecule has 1 N–H and O–H groups in total. The number of fused-ring (bicyclic) bond motifs is 1. The number of rotatable bonds is 8. The van der Waals surface area contributed by atoms with Crippen LogP contribution in [0.1, 0.15) is 22.8 Å². The highest BCUT2D eigenvalue weighted by molar-refractivity contribution is 9.10. The number of nitrogens with zero attached hydrogens (tertiary/aromatic N) is 1. The number of benzene rings is 4. The van der Waals surface area contributed by atoms with Crippen LogP contribution in [0.5, 0.6) is 17.2 Å². The lowest BCUT2D eigenvalue weighted by Crippen LogP contribution is -2.33. The second kappa shape index (κ2) is 11.5. The monoisotopic (exact) mass is 546 g/mol. The van der Waals surface area contributed by atoms with Crippen LogP contribution in [0.15, 0.2) is 94.5 Å². The first kappa shape index (κ1) is 24.9. The lowest BCUT2D eigenvalue weighted by Gasteiger charge is -2.13. The summed E-state index contributed by atoms with van der Waals surface area (Å²) in [5.74, 6) is 0.553. The van der Waals surface area contributed by atoms with Crippen molar-refractivity contribution in [2.75, 3.05) is 7.11 Å². The molecular formula is C28H23BrN2O5. The molecule has 0 radical (unpaired) electrons. The first-order chi connectivity index (χ1) is 17.4. The Morgan fingerprint density at radius 2 is 1.64 bits per heavy atom. The number of hydrogen-bond acceptors (Lipinski definition) is 6. The Morgan fingerprint density at radius 1 is 0.917 bits per heavy atom. The maximum atomic E-state index is 12.6. The number of carbonyl (C=O) groups excluding carboxylic acids is 2. The van der Waals surface area contributed by atoms with E-state index < -0.39 is 18.0 Å². The average Bonchev–Trinajstić information content (AvgIpc) is 2.90. The van der Waals surface area contributed by atoms with E-state index in [2.05, 4.69) is 26.5 Å². The summed E-state index contributed by atoms with van der Waals surface area (Å²) < 4.78 is 17.2. The van der Waals surface area contributed by atoms with E-state index in [9.17, 15) is 9.59 Å². The first-order valence-electron chi connectivity index (χ1n) is 11.1. The van der Waals surface area contributed by atoms with E-state index in [1.54, 1.807) is 56.5 Å². The number of esters is 1. The smallest absolute Gasteiger partial charge is 0.343 e. The molecule has 1 amide bonds. The summed E-state index contributed by atoms with van der Waals surface area (Å²) in [5, 5.41) is 6.13. The van der Waals surface area contributed by atoms with E-state index in [-0.39, 0.29) is 5.75 Å². The maximum Gasteiger partial charge on any atom is 0.343 e. The summed E-state index contributed by atoms with van der Waals surface area (Å²) in [6, 6.07) is 25.2. The molecule has 0 heterocycles. The average molecular weight is 547 g/mol. The van der Waals surface area contributed by atoms with Crippen molar-refractivity contribution in [3.63, 3.8) is 0 Å². The molecule has 0 aliphatic rings. The van der Waals surface area contributed by atoms with Crippen molar-refractivity contribution < 1.29 is 23.8 Å². The number of hydrogen-bond donors (Lipinski definition) is 1. The van der Waals surface area contributed by atoms with Crippen LogP contribution in [0.25, 0.3) is 10.8 Å². The van der Waals surface area contributed by atoms with Crippen molar-refractivity contribution in [2.45, 2.75) is 13.0 Å². The highest BCUT2D eigenvalue weighted by Gasteiger charge is 2.15. The van der Waals surface area contributed by atoms with E-state index >= 15 is 0 Å². The zero-order chi connectivity index (χ0) is 25.5. The molecule has 8 heteroatoms. The van der Waals surface area contributed by atoms with Gasteiger partial charge in [-0.3, -0.25) is 4.79 Å². The van der Waals surface area contributed by atoms with Crippen molar-refractivity contribution in [2.24, 2.45) is 5.10 Å². The van der Waals surface area contributed by atoms with Gasteiger partial charge in [-0.05, 0) is 72.3 Å². The van der Waals surface area contributed by atoms with Gasteiger partial charge in [0.05, 0.1) is 18.9 Å². The molecule has 4 aromatic rings. The number of nitrogens with one attached hydrogen (secondary N) is 1. The molecule has 7 nitrogen and oxygen atoms in total. The zero-order valence-electron chi connectivity index (χ0n) is 19.6. The lowest BCUT2D eigenvalue weighted by molar-refractivity contribution is -0.127. The van der Waals surface area contributed by atoms with Gasteiger partial charge in [0.1, 0.15) is 17.2 Å². The minimum atomic E-state index is -0.779. The van der Waals surface area contributed by atoms with Crippen LogP contribution in [0, 0.1) is 0 Å². The summed E-state index contributed by atoms with van der Waals surface area (Å²) in [6.45, 7) is 1.64. The summed E-state index contributed by atoms with van der Waals surface area (Å²) in [5.41, 5.74) is 3.33. The van der Waals surface area contributed by atoms with Gasteiger partial charge in [0.15, 0.2) is 6.10 Å². The Bertz CT molecular complexity index is 1420. The Morgan fingerprint density at radius 3 is 2.39 bits per heavy atom. The molecule has 36 heavy (non-hydrogen) atoms. The van der Waals surface area contributed by atoms with Gasteiger partial charge >= 0.3 is 5.97 Å². The molecule has 182 valence electrons. The van der Waals surface area contributed by atoms with Crippen LogP contribution in [0.4, 0.5) is 0 Å². The number of hydrazone groups is 1. The first-order valence-corrected chi connectivity index (χ1v) is 11.9. The van der Waals surface area contributed by atoms with Crippen LogP contribution in [-0.2, 0) is 4.79 Å². The predicted molar refractivity (Wildman–Crippen MR) is 142 cm³/mol. The van der Waals surface area contributed by atoms with Gasteiger partial charge in [-0.25, -0.2) is 10.2 Å². The molecule has 4 aromatic carbocycles. The summed E-state index contributed by atoms with van der Waals surface area (Å²) in [7, 11) is 1.55. The van der Waals surface area contributed by atoms with Crippen molar-refractivity contribution in [3.05, 3.63) is 101 Å². The van der Waals surface area contributed by atoms with Gasteiger partial charge in [-0.2, -0.15) is 5.10 Å². The zero-order valence-corrected chi connectivity index (χ0v) is 21.2. The summed E-state index contributed by atoms with van der Waals surface area (Å²) in [6.07, 6.45) is 0.625. The fourth-order valence-corrected chi connectivity index (χ4v) is 3.73. The number of ether oxygens (including phenoxy) is 3. The molecule has 0 aromatic heterocycles. The fourth-order valence-electron chi connectivity index (χ4n) is 3.35. The second-order valence-corrected chi connectivity index (χ2v) is 8.72. The predicted octanol–water partition coefficient (Wildman–Crippen LogP) is 5.75.